The van der Waals surface area contributed by atoms with Crippen LogP contribution in [0.4, 0.5) is 5.69 Å². The molecule has 18 heavy (non-hydrogen) atoms. The van der Waals surface area contributed by atoms with Crippen molar-refractivity contribution in [2.75, 3.05) is 18.1 Å². The van der Waals surface area contributed by atoms with Crippen molar-refractivity contribution >= 4 is 21.6 Å². The summed E-state index contributed by atoms with van der Waals surface area (Å²) in [6.45, 7) is 1.08. The summed E-state index contributed by atoms with van der Waals surface area (Å²) in [6.07, 6.45) is 5.79. The molecule has 0 amide bonds. The summed E-state index contributed by atoms with van der Waals surface area (Å²) >= 11 is 3.37. The van der Waals surface area contributed by atoms with Crippen molar-refractivity contribution in [3.63, 3.8) is 0 Å². The van der Waals surface area contributed by atoms with Crippen LogP contribution >= 0.6 is 15.9 Å². The van der Waals surface area contributed by atoms with Gasteiger partial charge >= 0.3 is 0 Å². The van der Waals surface area contributed by atoms with Gasteiger partial charge in [-0.25, -0.2) is 4.68 Å². The third kappa shape index (κ3) is 2.92. The van der Waals surface area contributed by atoms with Gasteiger partial charge in [-0.3, -0.25) is 4.79 Å². The largest absolute Gasteiger partial charge is 0.396 e. The maximum Gasteiger partial charge on any atom is 0.282 e. The molecule has 1 N–H and O–H groups in total. The monoisotopic (exact) mass is 315 g/mol. The van der Waals surface area contributed by atoms with Crippen LogP contribution in [-0.4, -0.2) is 34.1 Å². The summed E-state index contributed by atoms with van der Waals surface area (Å²) in [5.74, 6) is 0. The van der Waals surface area contributed by atoms with Crippen molar-refractivity contribution < 1.29 is 5.11 Å². The van der Waals surface area contributed by atoms with Crippen LogP contribution in [0.5, 0.6) is 0 Å². The van der Waals surface area contributed by atoms with Crippen LogP contribution in [0.2, 0.25) is 0 Å². The second-order valence-electron chi connectivity index (χ2n) is 4.63. The maximum atomic E-state index is 11.9. The minimum atomic E-state index is -0.111. The topological polar surface area (TPSA) is 58.4 Å². The Kier molecular flexibility index (Phi) is 4.40. The second kappa shape index (κ2) is 5.84. The zero-order valence-electron chi connectivity index (χ0n) is 10.5. The van der Waals surface area contributed by atoms with Gasteiger partial charge in [-0.2, -0.15) is 5.10 Å². The third-order valence-corrected chi connectivity index (χ3v) is 3.91. The molecule has 0 radical (unpaired) electrons. The fourth-order valence-corrected chi connectivity index (χ4v) is 2.57. The van der Waals surface area contributed by atoms with Crippen molar-refractivity contribution in [2.45, 2.75) is 31.7 Å². The fourth-order valence-electron chi connectivity index (χ4n) is 1.98. The van der Waals surface area contributed by atoms with Crippen molar-refractivity contribution in [3.8, 4) is 0 Å². The van der Waals surface area contributed by atoms with Gasteiger partial charge in [0, 0.05) is 26.2 Å². The summed E-state index contributed by atoms with van der Waals surface area (Å²) in [4.78, 5) is 14.1. The summed E-state index contributed by atoms with van der Waals surface area (Å²) in [5, 5.41) is 12.9. The molecular formula is C12H18BrN3O2. The zero-order valence-corrected chi connectivity index (χ0v) is 12.1. The van der Waals surface area contributed by atoms with E-state index in [-0.39, 0.29) is 12.2 Å². The number of anilines is 1. The molecule has 0 aromatic carbocycles. The van der Waals surface area contributed by atoms with E-state index < -0.39 is 0 Å². The van der Waals surface area contributed by atoms with Gasteiger partial charge in [-0.1, -0.05) is 0 Å². The van der Waals surface area contributed by atoms with Crippen LogP contribution in [-0.2, 0) is 7.05 Å². The predicted molar refractivity (Wildman–Crippen MR) is 73.9 cm³/mol. The van der Waals surface area contributed by atoms with Gasteiger partial charge in [0.15, 0.2) is 0 Å². The van der Waals surface area contributed by atoms with Crippen LogP contribution < -0.4 is 10.5 Å². The van der Waals surface area contributed by atoms with E-state index in [9.17, 15) is 4.79 Å². The molecule has 2 rings (SSSR count). The van der Waals surface area contributed by atoms with E-state index in [0.29, 0.717) is 10.5 Å². The highest BCUT2D eigenvalue weighted by molar-refractivity contribution is 9.10. The van der Waals surface area contributed by atoms with Gasteiger partial charge in [0.1, 0.15) is 4.47 Å². The molecule has 0 spiro atoms. The van der Waals surface area contributed by atoms with Crippen molar-refractivity contribution in [2.24, 2.45) is 7.05 Å². The van der Waals surface area contributed by atoms with E-state index in [0.717, 1.165) is 25.1 Å². The van der Waals surface area contributed by atoms with Crippen molar-refractivity contribution in [1.82, 2.24) is 9.78 Å². The summed E-state index contributed by atoms with van der Waals surface area (Å²) in [6, 6.07) is 0.522. The molecule has 1 aromatic heterocycles. The lowest BCUT2D eigenvalue weighted by atomic mass is 10.2. The van der Waals surface area contributed by atoms with Crippen LogP contribution in [0, 0.1) is 0 Å². The van der Waals surface area contributed by atoms with E-state index in [4.69, 9.17) is 5.11 Å². The summed E-state index contributed by atoms with van der Waals surface area (Å²) in [5.41, 5.74) is 0.763. The number of nitrogens with zero attached hydrogens (tertiary/aromatic N) is 3. The predicted octanol–water partition coefficient (Wildman–Crippen LogP) is 1.28. The first kappa shape index (κ1) is 13.5. The Hall–Kier alpha value is -0.880. The van der Waals surface area contributed by atoms with Crippen LogP contribution in [0.15, 0.2) is 15.5 Å². The van der Waals surface area contributed by atoms with E-state index in [1.54, 1.807) is 13.2 Å². The smallest absolute Gasteiger partial charge is 0.282 e. The van der Waals surface area contributed by atoms with Crippen LogP contribution in [0.3, 0.4) is 0 Å². The number of aromatic nitrogens is 2. The van der Waals surface area contributed by atoms with Crippen LogP contribution in [0.1, 0.15) is 25.7 Å². The van der Waals surface area contributed by atoms with Crippen molar-refractivity contribution in [3.05, 3.63) is 21.0 Å². The number of unbranched alkanes of at least 4 members (excludes halogenated alkanes) is 1. The molecule has 5 nitrogen and oxygen atoms in total. The Morgan fingerprint density at radius 2 is 2.28 bits per heavy atom. The average Bonchev–Trinajstić information content (AvgIpc) is 3.18. The number of aliphatic hydroxyl groups excluding tert-OH is 1. The number of rotatable bonds is 6. The highest BCUT2D eigenvalue weighted by Crippen LogP contribution is 2.34. The molecule has 0 atom stereocenters. The first-order chi connectivity index (χ1) is 8.65. The maximum absolute atomic E-state index is 11.9. The second-order valence-corrected chi connectivity index (χ2v) is 5.42. The zero-order chi connectivity index (χ0) is 13.1. The lowest BCUT2D eigenvalue weighted by molar-refractivity contribution is 0.285. The summed E-state index contributed by atoms with van der Waals surface area (Å²) < 4.78 is 1.91. The molecule has 0 aliphatic heterocycles. The number of halogens is 1. The van der Waals surface area contributed by atoms with Gasteiger partial charge in [0.2, 0.25) is 0 Å². The molecule has 0 unspecified atom stereocenters. The average molecular weight is 316 g/mol. The van der Waals surface area contributed by atoms with Gasteiger partial charge in [-0.05, 0) is 41.6 Å². The van der Waals surface area contributed by atoms with E-state index in [1.165, 1.54) is 17.5 Å². The molecule has 0 saturated heterocycles. The minimum absolute atomic E-state index is 0.111. The SMILES string of the molecule is Cn1ncc(N(CCCCO)C2CC2)c(Br)c1=O. The first-order valence-corrected chi connectivity index (χ1v) is 7.03. The molecule has 100 valence electrons. The number of aryl methyl sites for hydroxylation is 1. The molecule has 0 bridgehead atoms. The molecule has 1 aromatic rings. The lowest BCUT2D eigenvalue weighted by Crippen LogP contribution is -2.31. The molecule has 1 heterocycles. The Morgan fingerprint density at radius 3 is 2.89 bits per heavy atom. The Balaban J connectivity index is 2.20. The number of hydrogen-bond donors (Lipinski definition) is 1. The van der Waals surface area contributed by atoms with E-state index in [2.05, 4.69) is 25.9 Å². The quantitative estimate of drug-likeness (QED) is 0.804. The normalized spacial score (nSPS) is 14.8. The standard InChI is InChI=1S/C12H18BrN3O2/c1-15-12(18)11(13)10(8-14-15)16(9-4-5-9)6-2-3-7-17/h8-9,17H,2-7H2,1H3. The number of hydrogen-bond acceptors (Lipinski definition) is 4. The highest BCUT2D eigenvalue weighted by atomic mass is 79.9. The molecule has 1 saturated carbocycles. The highest BCUT2D eigenvalue weighted by Gasteiger charge is 2.30. The molecule has 6 heteroatoms. The molecule has 1 aliphatic rings. The Morgan fingerprint density at radius 1 is 1.56 bits per heavy atom. The van der Waals surface area contributed by atoms with Crippen LogP contribution in [0.25, 0.3) is 0 Å². The molecule has 1 fully saturated rings. The first-order valence-electron chi connectivity index (χ1n) is 6.24. The fraction of sp³-hybridized carbons (Fsp3) is 0.667. The van der Waals surface area contributed by atoms with E-state index in [1.807, 2.05) is 0 Å². The van der Waals surface area contributed by atoms with E-state index >= 15 is 0 Å². The van der Waals surface area contributed by atoms with Gasteiger partial charge in [0.25, 0.3) is 5.56 Å². The van der Waals surface area contributed by atoms with Gasteiger partial charge in [-0.15, -0.1) is 0 Å². The molecule has 1 aliphatic carbocycles. The van der Waals surface area contributed by atoms with Gasteiger partial charge < -0.3 is 10.0 Å². The number of aliphatic hydroxyl groups is 1. The molecular weight excluding hydrogens is 298 g/mol. The van der Waals surface area contributed by atoms with Crippen molar-refractivity contribution in [1.29, 1.82) is 0 Å². The summed E-state index contributed by atoms with van der Waals surface area (Å²) in [7, 11) is 1.64. The Bertz CT molecular complexity index is 471. The lowest BCUT2D eigenvalue weighted by Gasteiger charge is -2.25. The van der Waals surface area contributed by atoms with Gasteiger partial charge in [0.05, 0.1) is 11.9 Å². The Labute approximate surface area is 115 Å². The minimum Gasteiger partial charge on any atom is -0.396 e. The third-order valence-electron chi connectivity index (χ3n) is 3.16.